The first-order valence-electron chi connectivity index (χ1n) is 8.87. The monoisotopic (exact) mass is 412 g/mol. The minimum Gasteiger partial charge on any atom is -0.503 e. The third kappa shape index (κ3) is 2.72. The third-order valence-electron chi connectivity index (χ3n) is 5.06. The summed E-state index contributed by atoms with van der Waals surface area (Å²) in [6.07, 6.45) is 0.338. The van der Waals surface area contributed by atoms with Crippen LogP contribution in [0.5, 0.6) is 17.2 Å². The fraction of sp³-hybridized carbons (Fsp3) is 0.190. The Morgan fingerprint density at radius 2 is 2.11 bits per heavy atom. The summed E-state index contributed by atoms with van der Waals surface area (Å²) < 4.78 is 11.6. The number of ether oxygens (including phenoxy) is 2. The molecule has 0 aliphatic carbocycles. The molecule has 0 radical (unpaired) electrons. The third-order valence-corrected chi connectivity index (χ3v) is 6.27. The summed E-state index contributed by atoms with van der Waals surface area (Å²) in [6.45, 7) is 0. The Labute approximate surface area is 171 Å². The summed E-state index contributed by atoms with van der Waals surface area (Å²) in [4.78, 5) is 1.16. The fourth-order valence-electron chi connectivity index (χ4n) is 3.74. The molecule has 3 heterocycles. The van der Waals surface area contributed by atoms with Gasteiger partial charge in [-0.25, -0.2) is 5.01 Å². The van der Waals surface area contributed by atoms with Crippen LogP contribution in [0.3, 0.4) is 0 Å². The standard InChI is InChI=1S/C21H17ClN2O3S/c1-26-18-10-12(9-14(22)20(18)25)21-24-16(13-5-2-3-6-17(13)27-21)11-15(23-24)19-7-4-8-28-19/h2-10,16,21,25H,11H2,1H3/t16-,21+/m0/s1. The summed E-state index contributed by atoms with van der Waals surface area (Å²) in [7, 11) is 1.50. The topological polar surface area (TPSA) is 54.3 Å². The lowest BCUT2D eigenvalue weighted by atomic mass is 9.97. The predicted molar refractivity (Wildman–Crippen MR) is 110 cm³/mol. The van der Waals surface area contributed by atoms with Crippen molar-refractivity contribution < 1.29 is 14.6 Å². The lowest BCUT2D eigenvalue weighted by Gasteiger charge is -2.38. The van der Waals surface area contributed by atoms with Crippen LogP contribution in [0.25, 0.3) is 0 Å². The molecule has 5 nitrogen and oxygen atoms in total. The highest BCUT2D eigenvalue weighted by Gasteiger charge is 2.41. The van der Waals surface area contributed by atoms with E-state index in [1.54, 1.807) is 23.5 Å². The number of halogens is 1. The maximum absolute atomic E-state index is 10.1. The van der Waals surface area contributed by atoms with Crippen molar-refractivity contribution in [3.05, 3.63) is 74.9 Å². The summed E-state index contributed by atoms with van der Waals surface area (Å²) in [5, 5.41) is 19.3. The largest absolute Gasteiger partial charge is 0.503 e. The zero-order valence-corrected chi connectivity index (χ0v) is 16.6. The van der Waals surface area contributed by atoms with Crippen LogP contribution < -0.4 is 9.47 Å². The zero-order valence-electron chi connectivity index (χ0n) is 15.0. The number of aromatic hydroxyl groups is 1. The minimum atomic E-state index is -0.468. The van der Waals surface area contributed by atoms with Gasteiger partial charge in [0.25, 0.3) is 0 Å². The van der Waals surface area contributed by atoms with Crippen molar-refractivity contribution in [3.8, 4) is 17.2 Å². The van der Waals surface area contributed by atoms with E-state index in [0.717, 1.165) is 33.9 Å². The number of para-hydroxylation sites is 1. The molecular weight excluding hydrogens is 396 g/mol. The molecule has 2 atom stereocenters. The Morgan fingerprint density at radius 3 is 2.89 bits per heavy atom. The second-order valence-electron chi connectivity index (χ2n) is 6.69. The molecule has 0 fully saturated rings. The lowest BCUT2D eigenvalue weighted by Crippen LogP contribution is -2.33. The predicted octanol–water partition coefficient (Wildman–Crippen LogP) is 5.36. The molecule has 1 aromatic heterocycles. The van der Waals surface area contributed by atoms with Crippen molar-refractivity contribution >= 4 is 28.6 Å². The number of hydrogen-bond acceptors (Lipinski definition) is 6. The van der Waals surface area contributed by atoms with Gasteiger partial charge in [-0.1, -0.05) is 35.9 Å². The van der Waals surface area contributed by atoms with Gasteiger partial charge < -0.3 is 14.6 Å². The van der Waals surface area contributed by atoms with Gasteiger partial charge in [-0.15, -0.1) is 11.3 Å². The minimum absolute atomic E-state index is 0.0747. The highest BCUT2D eigenvalue weighted by atomic mass is 35.5. The molecular formula is C21H17ClN2O3S. The van der Waals surface area contributed by atoms with Gasteiger partial charge in [0, 0.05) is 17.5 Å². The number of methoxy groups -OCH3 is 1. The Bertz CT molecular complexity index is 1070. The van der Waals surface area contributed by atoms with Gasteiger partial charge in [0.05, 0.1) is 28.8 Å². The second-order valence-corrected chi connectivity index (χ2v) is 8.04. The molecule has 28 heavy (non-hydrogen) atoms. The smallest absolute Gasteiger partial charge is 0.214 e. The van der Waals surface area contributed by atoms with Crippen LogP contribution in [0.4, 0.5) is 0 Å². The quantitative estimate of drug-likeness (QED) is 0.629. The molecule has 2 aromatic carbocycles. The van der Waals surface area contributed by atoms with E-state index >= 15 is 0 Å². The van der Waals surface area contributed by atoms with Gasteiger partial charge >= 0.3 is 0 Å². The van der Waals surface area contributed by atoms with Gasteiger partial charge in [0.1, 0.15) is 5.75 Å². The maximum atomic E-state index is 10.1. The zero-order chi connectivity index (χ0) is 19.3. The SMILES string of the molecule is COc1cc([C@H]2Oc3ccccc3[C@@H]3CC(c4cccs4)=NN23)cc(Cl)c1O. The number of hydrogen-bond donors (Lipinski definition) is 1. The fourth-order valence-corrected chi connectivity index (χ4v) is 4.68. The number of rotatable bonds is 3. The highest BCUT2D eigenvalue weighted by Crippen LogP contribution is 2.49. The van der Waals surface area contributed by atoms with E-state index in [9.17, 15) is 5.11 Å². The van der Waals surface area contributed by atoms with Gasteiger partial charge in [-0.05, 0) is 29.6 Å². The van der Waals surface area contributed by atoms with E-state index in [1.807, 2.05) is 29.3 Å². The van der Waals surface area contributed by atoms with Gasteiger partial charge in [-0.2, -0.15) is 5.10 Å². The molecule has 1 N–H and O–H groups in total. The molecule has 0 saturated carbocycles. The van der Waals surface area contributed by atoms with Crippen molar-refractivity contribution in [2.45, 2.75) is 18.7 Å². The molecule has 0 amide bonds. The van der Waals surface area contributed by atoms with E-state index in [-0.39, 0.29) is 16.8 Å². The van der Waals surface area contributed by atoms with Crippen LogP contribution in [0.2, 0.25) is 5.02 Å². The molecule has 2 aliphatic heterocycles. The average Bonchev–Trinajstić information content (AvgIpc) is 3.39. The number of phenolic OH excluding ortho intramolecular Hbond substituents is 1. The summed E-state index contributed by atoms with van der Waals surface area (Å²) >= 11 is 7.91. The van der Waals surface area contributed by atoms with Crippen molar-refractivity contribution in [3.63, 3.8) is 0 Å². The molecule has 7 heteroatoms. The second kappa shape index (κ2) is 6.72. The Hall–Kier alpha value is -2.70. The molecule has 2 aliphatic rings. The van der Waals surface area contributed by atoms with E-state index in [1.165, 1.54) is 7.11 Å². The number of phenols is 1. The first kappa shape index (κ1) is 17.4. The van der Waals surface area contributed by atoms with Crippen LogP contribution in [0, 0.1) is 0 Å². The molecule has 142 valence electrons. The molecule has 5 rings (SSSR count). The Morgan fingerprint density at radius 1 is 1.25 bits per heavy atom. The van der Waals surface area contributed by atoms with Crippen LogP contribution >= 0.6 is 22.9 Å². The van der Waals surface area contributed by atoms with Crippen LogP contribution in [-0.4, -0.2) is 22.9 Å². The van der Waals surface area contributed by atoms with Crippen molar-refractivity contribution in [1.29, 1.82) is 0 Å². The normalized spacial score (nSPS) is 20.2. The molecule has 3 aromatic rings. The first-order chi connectivity index (χ1) is 13.7. The number of thiophene rings is 1. The van der Waals surface area contributed by atoms with Gasteiger partial charge in [-0.3, -0.25) is 0 Å². The molecule has 0 bridgehead atoms. The van der Waals surface area contributed by atoms with E-state index in [2.05, 4.69) is 17.5 Å². The summed E-state index contributed by atoms with van der Waals surface area (Å²) in [5.74, 6) is 1.06. The number of benzene rings is 2. The van der Waals surface area contributed by atoms with Crippen LogP contribution in [0.1, 0.15) is 34.7 Å². The molecule has 0 unspecified atom stereocenters. The number of fused-ring (bicyclic) bond motifs is 3. The lowest BCUT2D eigenvalue weighted by molar-refractivity contribution is -0.0191. The van der Waals surface area contributed by atoms with E-state index in [0.29, 0.717) is 5.75 Å². The van der Waals surface area contributed by atoms with Crippen LogP contribution in [0.15, 0.2) is 59.0 Å². The summed E-state index contributed by atoms with van der Waals surface area (Å²) in [5.41, 5.74) is 2.93. The van der Waals surface area contributed by atoms with Crippen molar-refractivity contribution in [2.75, 3.05) is 7.11 Å². The Balaban J connectivity index is 1.63. The van der Waals surface area contributed by atoms with Crippen molar-refractivity contribution in [2.24, 2.45) is 5.10 Å². The highest BCUT2D eigenvalue weighted by molar-refractivity contribution is 7.12. The van der Waals surface area contributed by atoms with E-state index < -0.39 is 6.23 Å². The molecule has 0 saturated heterocycles. The number of nitrogens with zero attached hydrogens (tertiary/aromatic N) is 2. The van der Waals surface area contributed by atoms with Crippen LogP contribution in [-0.2, 0) is 0 Å². The van der Waals surface area contributed by atoms with Gasteiger partial charge in [0.15, 0.2) is 11.5 Å². The van der Waals surface area contributed by atoms with Gasteiger partial charge in [0.2, 0.25) is 6.23 Å². The van der Waals surface area contributed by atoms with E-state index in [4.69, 9.17) is 26.2 Å². The molecule has 0 spiro atoms. The van der Waals surface area contributed by atoms with Crippen molar-refractivity contribution in [1.82, 2.24) is 5.01 Å². The average molecular weight is 413 g/mol. The summed E-state index contributed by atoms with van der Waals surface area (Å²) in [6, 6.07) is 15.7. The Kier molecular flexibility index (Phi) is 4.18. The first-order valence-corrected chi connectivity index (χ1v) is 10.1. The number of hydrazone groups is 1. The maximum Gasteiger partial charge on any atom is 0.214 e.